The summed E-state index contributed by atoms with van der Waals surface area (Å²) in [4.78, 5) is 49.4. The molecule has 1 aromatic heterocycles. The van der Waals surface area contributed by atoms with Crippen LogP contribution in [-0.4, -0.2) is 80.1 Å². The van der Waals surface area contributed by atoms with Crippen LogP contribution in [0.4, 0.5) is 0 Å². The molecule has 10 heteroatoms. The van der Waals surface area contributed by atoms with E-state index in [1.54, 1.807) is 9.47 Å². The molecule has 176 valence electrons. The average molecular weight is 466 g/mol. The van der Waals surface area contributed by atoms with E-state index < -0.39 is 5.97 Å². The zero-order chi connectivity index (χ0) is 23.3. The number of nitrogens with zero attached hydrogens (tertiary/aromatic N) is 3. The maximum atomic E-state index is 13.1. The third-order valence-electron chi connectivity index (χ3n) is 6.68. The molecule has 1 amide bonds. The van der Waals surface area contributed by atoms with Crippen LogP contribution in [0, 0.1) is 0 Å². The van der Waals surface area contributed by atoms with Crippen molar-refractivity contribution >= 4 is 30.1 Å². The van der Waals surface area contributed by atoms with E-state index in [2.05, 4.69) is 4.90 Å². The number of carbonyl (C=O) groups is 3. The van der Waals surface area contributed by atoms with Gasteiger partial charge in [-0.3, -0.25) is 14.4 Å². The number of thioether (sulfide) groups is 1. The van der Waals surface area contributed by atoms with Crippen molar-refractivity contribution in [2.45, 2.75) is 57.7 Å². The Morgan fingerprint density at radius 3 is 2.28 bits per heavy atom. The lowest BCUT2D eigenvalue weighted by Gasteiger charge is -2.40. The number of carbonyl (C=O) groups excluding carboxylic acids is 1. The first-order valence-electron chi connectivity index (χ1n) is 11.0. The second kappa shape index (κ2) is 11.0. The van der Waals surface area contributed by atoms with E-state index in [0.29, 0.717) is 31.1 Å². The molecule has 1 aromatic rings. The molecule has 0 bridgehead atoms. The van der Waals surface area contributed by atoms with Gasteiger partial charge < -0.3 is 24.6 Å². The molecule has 0 aromatic carbocycles. The molecule has 3 aliphatic heterocycles. The predicted molar refractivity (Wildman–Crippen MR) is 121 cm³/mol. The van der Waals surface area contributed by atoms with Crippen LogP contribution in [0.2, 0.25) is 0 Å². The summed E-state index contributed by atoms with van der Waals surface area (Å²) in [6.07, 6.45) is 6.44. The van der Waals surface area contributed by atoms with Gasteiger partial charge in [0.2, 0.25) is 5.91 Å². The lowest BCUT2D eigenvalue weighted by Crippen LogP contribution is -2.45. The molecule has 0 radical (unpaired) electrons. The summed E-state index contributed by atoms with van der Waals surface area (Å²) in [7, 11) is 0. The maximum Gasteiger partial charge on any atom is 0.341 e. The highest BCUT2D eigenvalue weighted by Gasteiger charge is 2.31. The summed E-state index contributed by atoms with van der Waals surface area (Å²) in [5.74, 6) is 1.27. The highest BCUT2D eigenvalue weighted by Crippen LogP contribution is 2.29. The molecule has 32 heavy (non-hydrogen) atoms. The molecule has 2 saturated heterocycles. The highest BCUT2D eigenvalue weighted by molar-refractivity contribution is 7.99. The summed E-state index contributed by atoms with van der Waals surface area (Å²) in [6.45, 7) is 4.02. The van der Waals surface area contributed by atoms with Crippen LogP contribution in [0.1, 0.15) is 60.1 Å². The third kappa shape index (κ3) is 5.35. The number of aromatic carboxylic acids is 1. The summed E-state index contributed by atoms with van der Waals surface area (Å²) >= 11 is 2.03. The lowest BCUT2D eigenvalue weighted by molar-refractivity contribution is -0.129. The van der Waals surface area contributed by atoms with Crippen molar-refractivity contribution in [1.82, 2.24) is 14.4 Å². The Balaban J connectivity index is 0.000000913. The molecular weight excluding hydrogens is 434 g/mol. The minimum atomic E-state index is -1.16. The number of rotatable bonds is 3. The van der Waals surface area contributed by atoms with Crippen LogP contribution in [0.15, 0.2) is 11.0 Å². The van der Waals surface area contributed by atoms with Gasteiger partial charge in [0.1, 0.15) is 5.56 Å². The Hall–Kier alpha value is -2.33. The van der Waals surface area contributed by atoms with E-state index >= 15 is 0 Å². The standard InChI is InChI=1S/C21H29N3O4S.CH2O2/c1-14(25)23-9-4-18-15(12-23)13-24(20(26)19(18)21(27)28)17-2-7-22(8-3-17)16-5-10-29-11-6-16;2-1-3/h13,16-17H,2-12H2,1H3,(H,27,28);1H,(H,2,3). The zero-order valence-electron chi connectivity index (χ0n) is 18.4. The molecule has 0 aliphatic carbocycles. The fourth-order valence-corrected chi connectivity index (χ4v) is 6.10. The number of aromatic nitrogens is 1. The zero-order valence-corrected chi connectivity index (χ0v) is 19.2. The van der Waals surface area contributed by atoms with Gasteiger partial charge in [-0.1, -0.05) is 0 Å². The minimum Gasteiger partial charge on any atom is -0.483 e. The molecule has 0 atom stereocenters. The number of amides is 1. The van der Waals surface area contributed by atoms with Crippen LogP contribution in [-0.2, 0) is 22.6 Å². The van der Waals surface area contributed by atoms with Crippen molar-refractivity contribution < 1.29 is 24.6 Å². The van der Waals surface area contributed by atoms with Gasteiger partial charge in [0.25, 0.3) is 12.0 Å². The molecule has 0 unspecified atom stereocenters. The quantitative estimate of drug-likeness (QED) is 0.647. The number of pyridine rings is 1. The Labute approximate surface area is 191 Å². The van der Waals surface area contributed by atoms with Crippen molar-refractivity contribution in [3.63, 3.8) is 0 Å². The van der Waals surface area contributed by atoms with Gasteiger partial charge >= 0.3 is 5.97 Å². The van der Waals surface area contributed by atoms with Crippen LogP contribution in [0.5, 0.6) is 0 Å². The first kappa shape index (κ1) is 24.3. The molecule has 2 fully saturated rings. The number of fused-ring (bicyclic) bond motifs is 1. The van der Waals surface area contributed by atoms with E-state index in [-0.39, 0.29) is 29.5 Å². The number of carboxylic acids is 1. The summed E-state index contributed by atoms with van der Waals surface area (Å²) < 4.78 is 1.65. The smallest absolute Gasteiger partial charge is 0.341 e. The first-order chi connectivity index (χ1) is 15.4. The van der Waals surface area contributed by atoms with Crippen molar-refractivity contribution in [2.24, 2.45) is 0 Å². The Morgan fingerprint density at radius 2 is 1.72 bits per heavy atom. The highest BCUT2D eigenvalue weighted by atomic mass is 32.2. The molecule has 2 N–H and O–H groups in total. The number of carboxylic acid groups (broad SMARTS) is 2. The minimum absolute atomic E-state index is 0.0211. The second-order valence-electron chi connectivity index (χ2n) is 8.43. The lowest BCUT2D eigenvalue weighted by atomic mass is 9.95. The van der Waals surface area contributed by atoms with E-state index in [1.165, 1.54) is 31.3 Å². The molecule has 4 heterocycles. The van der Waals surface area contributed by atoms with E-state index in [4.69, 9.17) is 9.90 Å². The SMILES string of the molecule is CC(=O)N1CCc2c(cn(C3CCN(C4CCSCC4)CC3)c(=O)c2C(=O)O)C1.O=CO. The number of hydrogen-bond donors (Lipinski definition) is 2. The summed E-state index contributed by atoms with van der Waals surface area (Å²) in [5.41, 5.74) is 0.918. The van der Waals surface area contributed by atoms with Crippen LogP contribution in [0.25, 0.3) is 0 Å². The van der Waals surface area contributed by atoms with E-state index in [9.17, 15) is 19.5 Å². The van der Waals surface area contributed by atoms with E-state index in [1.807, 2.05) is 18.0 Å². The molecule has 0 saturated carbocycles. The van der Waals surface area contributed by atoms with Gasteiger partial charge in [-0.25, -0.2) is 4.79 Å². The Morgan fingerprint density at radius 1 is 1.09 bits per heavy atom. The van der Waals surface area contributed by atoms with Crippen molar-refractivity contribution in [3.05, 3.63) is 33.2 Å². The van der Waals surface area contributed by atoms with Crippen molar-refractivity contribution in [1.29, 1.82) is 0 Å². The fourth-order valence-electron chi connectivity index (χ4n) is 5.02. The van der Waals surface area contributed by atoms with Gasteiger partial charge in [0.05, 0.1) is 0 Å². The molecule has 0 spiro atoms. The molecule has 4 rings (SSSR count). The van der Waals surface area contributed by atoms with Crippen molar-refractivity contribution in [2.75, 3.05) is 31.1 Å². The van der Waals surface area contributed by atoms with Gasteiger partial charge in [-0.15, -0.1) is 0 Å². The van der Waals surface area contributed by atoms with Gasteiger partial charge in [0, 0.05) is 51.4 Å². The first-order valence-corrected chi connectivity index (χ1v) is 12.2. The number of piperidine rings is 1. The van der Waals surface area contributed by atoms with Gasteiger partial charge in [-0.2, -0.15) is 11.8 Å². The van der Waals surface area contributed by atoms with E-state index in [0.717, 1.165) is 31.5 Å². The summed E-state index contributed by atoms with van der Waals surface area (Å²) in [5, 5.41) is 16.6. The molecule has 9 nitrogen and oxygen atoms in total. The van der Waals surface area contributed by atoms with Crippen molar-refractivity contribution in [3.8, 4) is 0 Å². The van der Waals surface area contributed by atoms with Gasteiger partial charge in [0.15, 0.2) is 0 Å². The monoisotopic (exact) mass is 465 g/mol. The van der Waals surface area contributed by atoms with Crippen LogP contribution >= 0.6 is 11.8 Å². The van der Waals surface area contributed by atoms with Gasteiger partial charge in [-0.05, 0) is 54.7 Å². The average Bonchev–Trinajstić information content (AvgIpc) is 2.79. The predicted octanol–water partition coefficient (Wildman–Crippen LogP) is 1.68. The Kier molecular flexibility index (Phi) is 8.36. The fraction of sp³-hybridized carbons (Fsp3) is 0.636. The van der Waals surface area contributed by atoms with Crippen LogP contribution in [0.3, 0.4) is 0 Å². The third-order valence-corrected chi connectivity index (χ3v) is 7.73. The Bertz CT molecular complexity index is 904. The van der Waals surface area contributed by atoms with Crippen LogP contribution < -0.4 is 5.56 Å². The maximum absolute atomic E-state index is 13.1. The normalized spacial score (nSPS) is 20.1. The number of hydrogen-bond acceptors (Lipinski definition) is 6. The second-order valence-corrected chi connectivity index (χ2v) is 9.66. The summed E-state index contributed by atoms with van der Waals surface area (Å²) in [6, 6.07) is 0.670. The largest absolute Gasteiger partial charge is 0.483 e. The molecular formula is C22H31N3O6S. The molecule has 3 aliphatic rings. The topological polar surface area (TPSA) is 120 Å². The number of likely N-dealkylation sites (tertiary alicyclic amines) is 1.